The quantitative estimate of drug-likeness (QED) is 0.712. The predicted molar refractivity (Wildman–Crippen MR) is 83.9 cm³/mol. The molecule has 0 aromatic heterocycles. The van der Waals surface area contributed by atoms with Gasteiger partial charge in [-0.1, -0.05) is 44.2 Å². The van der Waals surface area contributed by atoms with Crippen LogP contribution in [-0.2, 0) is 19.1 Å². The molecule has 1 aromatic carbocycles. The number of rotatable bonds is 8. The van der Waals surface area contributed by atoms with Gasteiger partial charge in [-0.2, -0.15) is 0 Å². The van der Waals surface area contributed by atoms with Crippen LogP contribution in [0.3, 0.4) is 0 Å². The van der Waals surface area contributed by atoms with Crippen molar-refractivity contribution in [1.82, 2.24) is 5.32 Å². The van der Waals surface area contributed by atoms with Crippen LogP contribution in [-0.4, -0.2) is 42.3 Å². The van der Waals surface area contributed by atoms with Crippen molar-refractivity contribution >= 4 is 11.9 Å². The fraction of sp³-hybridized carbons (Fsp3) is 0.529. The maximum Gasteiger partial charge on any atom is 0.336 e. The number of hydrogen-bond acceptors (Lipinski definition) is 4. The number of epoxide rings is 1. The highest BCUT2D eigenvalue weighted by molar-refractivity contribution is 5.92. The summed E-state index contributed by atoms with van der Waals surface area (Å²) >= 11 is 0. The third-order valence-electron chi connectivity index (χ3n) is 3.79. The zero-order valence-electron chi connectivity index (χ0n) is 13.6. The molecule has 0 bridgehead atoms. The van der Waals surface area contributed by atoms with Gasteiger partial charge in [0.1, 0.15) is 6.10 Å². The predicted octanol–water partition coefficient (Wildman–Crippen LogP) is 1.76. The van der Waals surface area contributed by atoms with E-state index in [0.717, 1.165) is 5.56 Å². The number of carbonyl (C=O) groups is 2. The number of benzene rings is 1. The Kier molecular flexibility index (Phi) is 5.74. The molecule has 1 aliphatic rings. The van der Waals surface area contributed by atoms with Crippen molar-refractivity contribution in [2.24, 2.45) is 5.92 Å². The first kappa shape index (κ1) is 17.4. The minimum Gasteiger partial charge on any atom is -0.479 e. The van der Waals surface area contributed by atoms with Gasteiger partial charge >= 0.3 is 5.97 Å². The normalized spacial score (nSPS) is 22.4. The lowest BCUT2D eigenvalue weighted by molar-refractivity contribution is -0.138. The van der Waals surface area contributed by atoms with Crippen molar-refractivity contribution in [3.05, 3.63) is 35.9 Å². The van der Waals surface area contributed by atoms with Crippen LogP contribution >= 0.6 is 0 Å². The first-order valence-corrected chi connectivity index (χ1v) is 7.70. The van der Waals surface area contributed by atoms with Crippen LogP contribution in [0.2, 0.25) is 0 Å². The number of carbonyl (C=O) groups excluding carboxylic acids is 1. The van der Waals surface area contributed by atoms with Gasteiger partial charge in [0.15, 0.2) is 12.2 Å². The summed E-state index contributed by atoms with van der Waals surface area (Å²) in [5.74, 6) is -1.17. The van der Waals surface area contributed by atoms with Crippen molar-refractivity contribution < 1.29 is 24.2 Å². The number of amides is 1. The largest absolute Gasteiger partial charge is 0.479 e. The highest BCUT2D eigenvalue weighted by atomic mass is 16.6. The summed E-state index contributed by atoms with van der Waals surface area (Å²) in [5.41, 5.74) is 0.965. The Hall–Kier alpha value is -1.92. The molecule has 0 aliphatic carbocycles. The molecule has 1 fully saturated rings. The van der Waals surface area contributed by atoms with Gasteiger partial charge in [0, 0.05) is 7.11 Å². The van der Waals surface area contributed by atoms with Crippen LogP contribution in [0.15, 0.2) is 30.3 Å². The topological polar surface area (TPSA) is 88.2 Å². The molecule has 6 nitrogen and oxygen atoms in total. The summed E-state index contributed by atoms with van der Waals surface area (Å²) in [5, 5.41) is 11.7. The summed E-state index contributed by atoms with van der Waals surface area (Å²) in [4.78, 5) is 23.0. The summed E-state index contributed by atoms with van der Waals surface area (Å²) in [6.07, 6.45) is -1.53. The number of nitrogens with one attached hydrogen (secondary N) is 1. The van der Waals surface area contributed by atoms with E-state index < -0.39 is 24.1 Å². The lowest BCUT2D eigenvalue weighted by Crippen LogP contribution is -2.43. The van der Waals surface area contributed by atoms with Gasteiger partial charge in [0.25, 0.3) is 5.91 Å². The molecule has 4 atom stereocenters. The van der Waals surface area contributed by atoms with Gasteiger partial charge in [-0.15, -0.1) is 0 Å². The molecule has 1 heterocycles. The first-order chi connectivity index (χ1) is 10.9. The van der Waals surface area contributed by atoms with E-state index in [1.807, 2.05) is 30.3 Å². The standard InChI is InChI=1S/C17H23NO5/c1-10(2)9-12(13(22-3)11-7-5-4-6-8-11)18-16(19)14-15(23-14)17(20)21/h4-8,10,12-15H,9H2,1-3H3,(H,18,19)(H,20,21)/t12-,13+,14-,15-/m0/s1. The van der Waals surface area contributed by atoms with Gasteiger partial charge in [0.2, 0.25) is 0 Å². The average Bonchev–Trinajstić information content (AvgIpc) is 3.29. The van der Waals surface area contributed by atoms with Gasteiger partial charge < -0.3 is 19.9 Å². The lowest BCUT2D eigenvalue weighted by Gasteiger charge is -2.28. The van der Waals surface area contributed by atoms with Crippen LogP contribution < -0.4 is 5.32 Å². The van der Waals surface area contributed by atoms with Crippen molar-refractivity contribution in [1.29, 1.82) is 0 Å². The fourth-order valence-electron chi connectivity index (χ4n) is 2.71. The van der Waals surface area contributed by atoms with E-state index >= 15 is 0 Å². The molecule has 0 saturated carbocycles. The first-order valence-electron chi connectivity index (χ1n) is 7.70. The Morgan fingerprint density at radius 2 is 1.91 bits per heavy atom. The van der Waals surface area contributed by atoms with E-state index in [1.165, 1.54) is 0 Å². The summed E-state index contributed by atoms with van der Waals surface area (Å²) < 4.78 is 10.5. The zero-order chi connectivity index (χ0) is 17.0. The molecule has 6 heteroatoms. The average molecular weight is 321 g/mol. The fourth-order valence-corrected chi connectivity index (χ4v) is 2.71. The van der Waals surface area contributed by atoms with Crippen LogP contribution in [0, 0.1) is 5.92 Å². The minimum absolute atomic E-state index is 0.256. The van der Waals surface area contributed by atoms with Crippen LogP contribution in [0.4, 0.5) is 0 Å². The molecular weight excluding hydrogens is 298 g/mol. The zero-order valence-corrected chi connectivity index (χ0v) is 13.6. The van der Waals surface area contributed by atoms with E-state index in [1.54, 1.807) is 7.11 Å². The molecule has 0 unspecified atom stereocenters. The molecule has 0 spiro atoms. The second-order valence-electron chi connectivity index (χ2n) is 6.13. The Bertz CT molecular complexity index is 545. The van der Waals surface area contributed by atoms with Gasteiger partial charge in [-0.05, 0) is 17.9 Å². The van der Waals surface area contributed by atoms with Crippen LogP contribution in [0.1, 0.15) is 31.9 Å². The molecule has 2 N–H and O–H groups in total. The maximum absolute atomic E-state index is 12.2. The minimum atomic E-state index is -1.11. The van der Waals surface area contributed by atoms with Gasteiger partial charge in [0.05, 0.1) is 6.04 Å². The molecular formula is C17H23NO5. The lowest BCUT2D eigenvalue weighted by atomic mass is 9.94. The van der Waals surface area contributed by atoms with Crippen LogP contribution in [0.25, 0.3) is 0 Å². The van der Waals surface area contributed by atoms with E-state index in [-0.39, 0.29) is 12.1 Å². The second-order valence-corrected chi connectivity index (χ2v) is 6.13. The summed E-state index contributed by atoms with van der Waals surface area (Å²) in [6, 6.07) is 9.39. The molecule has 1 aromatic rings. The number of aliphatic carboxylic acids is 1. The monoisotopic (exact) mass is 321 g/mol. The third kappa shape index (κ3) is 4.53. The van der Waals surface area contributed by atoms with Crippen LogP contribution in [0.5, 0.6) is 0 Å². The van der Waals surface area contributed by atoms with E-state index in [2.05, 4.69) is 19.2 Å². The Balaban J connectivity index is 2.10. The molecule has 2 rings (SSSR count). The van der Waals surface area contributed by atoms with E-state index in [9.17, 15) is 9.59 Å². The molecule has 1 aliphatic heterocycles. The smallest absolute Gasteiger partial charge is 0.336 e. The maximum atomic E-state index is 12.2. The SMILES string of the molecule is CO[C@H](c1ccccc1)[C@H](CC(C)C)NC(=O)[C@H]1O[C@@H]1C(=O)O. The van der Waals surface area contributed by atoms with Gasteiger partial charge in [-0.25, -0.2) is 4.79 Å². The number of carboxylic acids is 1. The Morgan fingerprint density at radius 3 is 2.39 bits per heavy atom. The highest BCUT2D eigenvalue weighted by Crippen LogP contribution is 2.27. The van der Waals surface area contributed by atoms with Crippen molar-refractivity contribution in [2.45, 2.75) is 44.6 Å². The molecule has 1 saturated heterocycles. The molecule has 126 valence electrons. The Morgan fingerprint density at radius 1 is 1.26 bits per heavy atom. The number of methoxy groups -OCH3 is 1. The highest BCUT2D eigenvalue weighted by Gasteiger charge is 2.51. The van der Waals surface area contributed by atoms with E-state index in [0.29, 0.717) is 12.3 Å². The molecule has 1 amide bonds. The Labute approximate surface area is 135 Å². The van der Waals surface area contributed by atoms with Crippen molar-refractivity contribution in [2.75, 3.05) is 7.11 Å². The van der Waals surface area contributed by atoms with Crippen molar-refractivity contribution in [3.8, 4) is 0 Å². The molecule has 0 radical (unpaired) electrons. The molecule has 23 heavy (non-hydrogen) atoms. The number of carboxylic acid groups (broad SMARTS) is 1. The summed E-state index contributed by atoms with van der Waals surface area (Å²) in [7, 11) is 1.60. The number of ether oxygens (including phenoxy) is 2. The number of hydrogen-bond donors (Lipinski definition) is 2. The third-order valence-corrected chi connectivity index (χ3v) is 3.79. The van der Waals surface area contributed by atoms with E-state index in [4.69, 9.17) is 14.6 Å². The summed E-state index contributed by atoms with van der Waals surface area (Å²) in [6.45, 7) is 4.12. The van der Waals surface area contributed by atoms with Crippen molar-refractivity contribution in [3.63, 3.8) is 0 Å². The van der Waals surface area contributed by atoms with Gasteiger partial charge in [-0.3, -0.25) is 4.79 Å². The second kappa shape index (κ2) is 7.57.